The summed E-state index contributed by atoms with van der Waals surface area (Å²) in [6.07, 6.45) is 8.16. The summed E-state index contributed by atoms with van der Waals surface area (Å²) < 4.78 is 7.67. The highest BCUT2D eigenvalue weighted by atomic mass is 16.5. The van der Waals surface area contributed by atoms with Crippen LogP contribution in [0, 0.1) is 0 Å². The molecule has 3 rings (SSSR count). The Morgan fingerprint density at radius 1 is 1.45 bits per heavy atom. The van der Waals surface area contributed by atoms with Crippen LogP contribution in [0.25, 0.3) is 0 Å². The van der Waals surface area contributed by atoms with Gasteiger partial charge in [0.2, 0.25) is 0 Å². The predicted molar refractivity (Wildman–Crippen MR) is 79.8 cm³/mol. The van der Waals surface area contributed by atoms with Gasteiger partial charge in [0.25, 0.3) is 0 Å². The normalized spacial score (nSPS) is 22.6. The highest BCUT2D eigenvalue weighted by Gasteiger charge is 2.18. The van der Waals surface area contributed by atoms with E-state index in [0.29, 0.717) is 12.1 Å². The van der Waals surface area contributed by atoms with Crippen LogP contribution in [0.5, 0.6) is 0 Å². The minimum atomic E-state index is 0.357. The summed E-state index contributed by atoms with van der Waals surface area (Å²) in [6, 6.07) is 9.13. The van der Waals surface area contributed by atoms with Crippen molar-refractivity contribution in [2.75, 3.05) is 11.9 Å². The zero-order valence-corrected chi connectivity index (χ0v) is 11.8. The SMILES string of the molecule is CC1CC(Nc2cccc(Cn3ccnc3)c2)CCO1. The average Bonchev–Trinajstić information content (AvgIpc) is 2.92. The summed E-state index contributed by atoms with van der Waals surface area (Å²) in [5, 5.41) is 3.63. The fourth-order valence-corrected chi connectivity index (χ4v) is 2.72. The number of rotatable bonds is 4. The second-order valence-electron chi connectivity index (χ2n) is 5.48. The van der Waals surface area contributed by atoms with E-state index >= 15 is 0 Å². The third kappa shape index (κ3) is 3.39. The molecule has 2 heterocycles. The van der Waals surface area contributed by atoms with Crippen LogP contribution in [0.1, 0.15) is 25.3 Å². The number of anilines is 1. The molecule has 1 fully saturated rings. The molecule has 0 spiro atoms. The second kappa shape index (κ2) is 6.09. The Morgan fingerprint density at radius 3 is 3.20 bits per heavy atom. The maximum absolute atomic E-state index is 5.59. The number of ether oxygens (including phenoxy) is 1. The van der Waals surface area contributed by atoms with Crippen LogP contribution in [0.2, 0.25) is 0 Å². The van der Waals surface area contributed by atoms with Crippen LogP contribution in [0.15, 0.2) is 43.0 Å². The molecule has 1 aromatic carbocycles. The molecule has 0 bridgehead atoms. The third-order valence-corrected chi connectivity index (χ3v) is 3.71. The molecule has 0 radical (unpaired) electrons. The molecule has 1 aliphatic rings. The Hall–Kier alpha value is -1.81. The maximum atomic E-state index is 5.59. The lowest BCUT2D eigenvalue weighted by Gasteiger charge is -2.28. The first-order valence-electron chi connectivity index (χ1n) is 7.22. The van der Waals surface area contributed by atoms with Crippen LogP contribution >= 0.6 is 0 Å². The van der Waals surface area contributed by atoms with E-state index in [0.717, 1.165) is 26.0 Å². The standard InChI is InChI=1S/C16H21N3O/c1-13-9-16(5-8-20-13)18-15-4-2-3-14(10-15)11-19-7-6-17-12-19/h2-4,6-7,10,12-13,16,18H,5,8-9,11H2,1H3. The summed E-state index contributed by atoms with van der Waals surface area (Å²) in [6.45, 7) is 3.86. The number of imidazole rings is 1. The molecule has 2 unspecified atom stereocenters. The van der Waals surface area contributed by atoms with Crippen molar-refractivity contribution >= 4 is 5.69 Å². The molecule has 20 heavy (non-hydrogen) atoms. The molecule has 1 aromatic heterocycles. The van der Waals surface area contributed by atoms with E-state index in [1.54, 1.807) is 0 Å². The first kappa shape index (κ1) is 13.2. The lowest BCUT2D eigenvalue weighted by atomic mass is 10.0. The van der Waals surface area contributed by atoms with Crippen molar-refractivity contribution in [3.63, 3.8) is 0 Å². The first-order chi connectivity index (χ1) is 9.79. The van der Waals surface area contributed by atoms with Gasteiger partial charge in [-0.15, -0.1) is 0 Å². The molecule has 2 atom stereocenters. The van der Waals surface area contributed by atoms with Crippen molar-refractivity contribution in [2.45, 2.75) is 38.5 Å². The smallest absolute Gasteiger partial charge is 0.0949 e. The molecule has 4 heteroatoms. The van der Waals surface area contributed by atoms with E-state index in [4.69, 9.17) is 4.74 Å². The van der Waals surface area contributed by atoms with Gasteiger partial charge in [-0.3, -0.25) is 0 Å². The number of aromatic nitrogens is 2. The third-order valence-electron chi connectivity index (χ3n) is 3.71. The maximum Gasteiger partial charge on any atom is 0.0949 e. The number of nitrogens with zero attached hydrogens (tertiary/aromatic N) is 2. The van der Waals surface area contributed by atoms with Gasteiger partial charge in [-0.1, -0.05) is 12.1 Å². The van der Waals surface area contributed by atoms with Crippen LogP contribution in [-0.4, -0.2) is 28.3 Å². The Kier molecular flexibility index (Phi) is 4.02. The minimum absolute atomic E-state index is 0.357. The van der Waals surface area contributed by atoms with Crippen molar-refractivity contribution in [1.29, 1.82) is 0 Å². The van der Waals surface area contributed by atoms with Crippen molar-refractivity contribution < 1.29 is 4.74 Å². The zero-order chi connectivity index (χ0) is 13.8. The largest absolute Gasteiger partial charge is 0.382 e. The van der Waals surface area contributed by atoms with Gasteiger partial charge in [0.05, 0.1) is 12.4 Å². The van der Waals surface area contributed by atoms with Gasteiger partial charge in [0, 0.05) is 37.3 Å². The van der Waals surface area contributed by atoms with E-state index < -0.39 is 0 Å². The lowest BCUT2D eigenvalue weighted by molar-refractivity contribution is 0.0232. The topological polar surface area (TPSA) is 39.1 Å². The highest BCUT2D eigenvalue weighted by molar-refractivity contribution is 5.46. The number of hydrogen-bond donors (Lipinski definition) is 1. The molecular weight excluding hydrogens is 250 g/mol. The number of hydrogen-bond acceptors (Lipinski definition) is 3. The van der Waals surface area contributed by atoms with E-state index in [1.807, 2.05) is 18.7 Å². The molecule has 0 aliphatic carbocycles. The first-order valence-corrected chi connectivity index (χ1v) is 7.22. The van der Waals surface area contributed by atoms with E-state index in [9.17, 15) is 0 Å². The highest BCUT2D eigenvalue weighted by Crippen LogP contribution is 2.19. The van der Waals surface area contributed by atoms with Crippen molar-refractivity contribution in [1.82, 2.24) is 9.55 Å². The molecule has 0 amide bonds. The average molecular weight is 271 g/mol. The van der Waals surface area contributed by atoms with Gasteiger partial charge in [0.15, 0.2) is 0 Å². The van der Waals surface area contributed by atoms with Gasteiger partial charge < -0.3 is 14.6 Å². The van der Waals surface area contributed by atoms with Gasteiger partial charge in [-0.25, -0.2) is 4.98 Å². The van der Waals surface area contributed by atoms with Crippen molar-refractivity contribution in [2.24, 2.45) is 0 Å². The van der Waals surface area contributed by atoms with E-state index in [-0.39, 0.29) is 0 Å². The van der Waals surface area contributed by atoms with Gasteiger partial charge >= 0.3 is 0 Å². The minimum Gasteiger partial charge on any atom is -0.382 e. The van der Waals surface area contributed by atoms with Crippen molar-refractivity contribution in [3.8, 4) is 0 Å². The number of benzene rings is 1. The summed E-state index contributed by atoms with van der Waals surface area (Å²) in [4.78, 5) is 4.08. The molecule has 106 valence electrons. The Labute approximate surface area is 119 Å². The molecule has 1 saturated heterocycles. The van der Waals surface area contributed by atoms with Crippen LogP contribution < -0.4 is 5.32 Å². The number of nitrogens with one attached hydrogen (secondary N) is 1. The quantitative estimate of drug-likeness (QED) is 0.929. The monoisotopic (exact) mass is 271 g/mol. The summed E-state index contributed by atoms with van der Waals surface area (Å²) in [7, 11) is 0. The second-order valence-corrected chi connectivity index (χ2v) is 5.48. The molecular formula is C16H21N3O. The Morgan fingerprint density at radius 2 is 2.40 bits per heavy atom. The Bertz CT molecular complexity index is 538. The van der Waals surface area contributed by atoms with Gasteiger partial charge in [0.1, 0.15) is 0 Å². The van der Waals surface area contributed by atoms with Crippen LogP contribution in [0.4, 0.5) is 5.69 Å². The predicted octanol–water partition coefficient (Wildman–Crippen LogP) is 2.91. The summed E-state index contributed by atoms with van der Waals surface area (Å²) >= 11 is 0. The summed E-state index contributed by atoms with van der Waals surface area (Å²) in [5.41, 5.74) is 2.48. The summed E-state index contributed by atoms with van der Waals surface area (Å²) in [5.74, 6) is 0. The van der Waals surface area contributed by atoms with Crippen LogP contribution in [0.3, 0.4) is 0 Å². The zero-order valence-electron chi connectivity index (χ0n) is 11.8. The van der Waals surface area contributed by atoms with E-state index in [1.165, 1.54) is 11.3 Å². The van der Waals surface area contributed by atoms with E-state index in [2.05, 4.69) is 46.1 Å². The fourth-order valence-electron chi connectivity index (χ4n) is 2.72. The van der Waals surface area contributed by atoms with Gasteiger partial charge in [-0.2, -0.15) is 0 Å². The molecule has 1 N–H and O–H groups in total. The lowest BCUT2D eigenvalue weighted by Crippen LogP contribution is -2.32. The molecule has 0 saturated carbocycles. The van der Waals surface area contributed by atoms with Gasteiger partial charge in [-0.05, 0) is 37.5 Å². The molecule has 1 aliphatic heterocycles. The molecule has 2 aromatic rings. The Balaban J connectivity index is 1.65. The van der Waals surface area contributed by atoms with Crippen LogP contribution in [-0.2, 0) is 11.3 Å². The van der Waals surface area contributed by atoms with Crippen molar-refractivity contribution in [3.05, 3.63) is 48.5 Å². The molecule has 4 nitrogen and oxygen atoms in total. The fraction of sp³-hybridized carbons (Fsp3) is 0.438.